The Labute approximate surface area is 493 Å². The van der Waals surface area contributed by atoms with Gasteiger partial charge in [-0.1, -0.05) is 321 Å². The van der Waals surface area contributed by atoms with E-state index in [0.29, 0.717) is 19.3 Å². The molecule has 80 heavy (non-hydrogen) atoms. The van der Waals surface area contributed by atoms with Crippen molar-refractivity contribution in [3.63, 3.8) is 0 Å². The number of amides is 1. The minimum atomic E-state index is -1.66. The first-order valence-electron chi connectivity index (χ1n) is 34.7. The first-order chi connectivity index (χ1) is 39.2. The molecule has 8 N–H and O–H groups in total. The number of nitrogens with one attached hydrogen (secondary N) is 1. The Balaban J connectivity index is 2.20. The van der Waals surface area contributed by atoms with Crippen molar-refractivity contribution in [2.24, 2.45) is 0 Å². The van der Waals surface area contributed by atoms with E-state index >= 15 is 0 Å². The molecule has 11 nitrogen and oxygen atoms in total. The number of aliphatic hydroxyl groups is 7. The molecule has 1 aliphatic heterocycles. The molecule has 0 spiro atoms. The van der Waals surface area contributed by atoms with Gasteiger partial charge >= 0.3 is 0 Å². The van der Waals surface area contributed by atoms with E-state index in [1.54, 1.807) is 0 Å². The highest BCUT2D eigenvalue weighted by Gasteiger charge is 2.44. The fraction of sp³-hybridized carbons (Fsp3) is 0.928. The molecule has 474 valence electrons. The number of hydrogen-bond donors (Lipinski definition) is 8. The van der Waals surface area contributed by atoms with Crippen molar-refractivity contribution in [2.45, 2.75) is 396 Å². The summed E-state index contributed by atoms with van der Waals surface area (Å²) in [5, 5.41) is 76.5. The molecule has 9 unspecified atom stereocenters. The number of carbonyl (C=O) groups is 1. The zero-order chi connectivity index (χ0) is 58.2. The number of hydrogen-bond acceptors (Lipinski definition) is 10. The largest absolute Gasteiger partial charge is 0.394 e. The van der Waals surface area contributed by atoms with Gasteiger partial charge in [-0.05, 0) is 44.9 Å². The lowest BCUT2D eigenvalue weighted by atomic mass is 9.98. The maximum absolute atomic E-state index is 13.2. The average molecular weight is 1140 g/mol. The molecule has 1 amide bonds. The zero-order valence-corrected chi connectivity index (χ0v) is 52.3. The Hall–Kier alpha value is -1.41. The van der Waals surface area contributed by atoms with Gasteiger partial charge in [0.2, 0.25) is 5.91 Å². The van der Waals surface area contributed by atoms with Gasteiger partial charge in [0.05, 0.1) is 25.4 Å². The lowest BCUT2D eigenvalue weighted by Gasteiger charge is -2.40. The van der Waals surface area contributed by atoms with Crippen molar-refractivity contribution >= 4 is 5.91 Å². The van der Waals surface area contributed by atoms with Crippen LogP contribution in [-0.2, 0) is 14.3 Å². The molecule has 0 aliphatic carbocycles. The van der Waals surface area contributed by atoms with E-state index in [1.165, 1.54) is 238 Å². The fourth-order valence-corrected chi connectivity index (χ4v) is 11.4. The van der Waals surface area contributed by atoms with Crippen LogP contribution >= 0.6 is 0 Å². The Morgan fingerprint density at radius 3 is 1.11 bits per heavy atom. The second kappa shape index (κ2) is 58.0. The van der Waals surface area contributed by atoms with Crippen molar-refractivity contribution in [3.8, 4) is 0 Å². The Kier molecular flexibility index (Phi) is 55.5. The summed E-state index contributed by atoms with van der Waals surface area (Å²) in [4.78, 5) is 13.2. The van der Waals surface area contributed by atoms with Gasteiger partial charge in [-0.15, -0.1) is 0 Å². The van der Waals surface area contributed by atoms with E-state index in [1.807, 2.05) is 0 Å². The van der Waals surface area contributed by atoms with Gasteiger partial charge < -0.3 is 50.5 Å². The summed E-state index contributed by atoms with van der Waals surface area (Å²) >= 11 is 0. The standard InChI is InChI=1S/C69H133NO10/c1-3-5-7-9-11-13-15-17-19-21-23-25-27-28-29-30-31-32-33-34-35-37-38-40-42-44-46-48-50-52-54-56-61(72)64(74)60(59-79-69-67(77)66(76)65(75)63(58-71)80-69)70-68(78)62(73)57-55-53-51-49-47-45-43-41-39-36-26-24-22-20-18-16-14-12-10-8-6-4-2/h24,26,39,41,60-67,69,71-77H,3-23,25,27-38,40,42-59H2,1-2H3,(H,70,78)/b26-24-,41-39-. The Morgan fingerprint density at radius 1 is 0.438 bits per heavy atom. The topological polar surface area (TPSA) is 189 Å². The highest BCUT2D eigenvalue weighted by molar-refractivity contribution is 5.80. The van der Waals surface area contributed by atoms with Gasteiger partial charge in [0.15, 0.2) is 6.29 Å². The molecular weight excluding hydrogens is 1000 g/mol. The molecule has 0 aromatic heterocycles. The summed E-state index contributed by atoms with van der Waals surface area (Å²) in [5.74, 6) is -0.699. The van der Waals surface area contributed by atoms with E-state index in [2.05, 4.69) is 43.5 Å². The molecule has 1 saturated heterocycles. The summed E-state index contributed by atoms with van der Waals surface area (Å²) in [7, 11) is 0. The van der Waals surface area contributed by atoms with Crippen molar-refractivity contribution in [1.82, 2.24) is 5.32 Å². The van der Waals surface area contributed by atoms with Crippen LogP contribution in [0, 0.1) is 0 Å². The summed E-state index contributed by atoms with van der Waals surface area (Å²) < 4.78 is 11.2. The van der Waals surface area contributed by atoms with Gasteiger partial charge in [-0.2, -0.15) is 0 Å². The molecule has 0 aromatic carbocycles. The molecule has 1 heterocycles. The molecule has 1 aliphatic rings. The molecular formula is C69H133NO10. The van der Waals surface area contributed by atoms with E-state index in [4.69, 9.17) is 9.47 Å². The van der Waals surface area contributed by atoms with Crippen molar-refractivity contribution in [3.05, 3.63) is 24.3 Å². The minimum Gasteiger partial charge on any atom is -0.394 e. The molecule has 0 aromatic rings. The number of ether oxygens (including phenoxy) is 2. The highest BCUT2D eigenvalue weighted by Crippen LogP contribution is 2.24. The lowest BCUT2D eigenvalue weighted by Crippen LogP contribution is -2.60. The van der Waals surface area contributed by atoms with Crippen LogP contribution in [0.4, 0.5) is 0 Å². The maximum atomic E-state index is 13.2. The van der Waals surface area contributed by atoms with E-state index in [-0.39, 0.29) is 6.42 Å². The van der Waals surface area contributed by atoms with Gasteiger partial charge in [0, 0.05) is 0 Å². The third-order valence-corrected chi connectivity index (χ3v) is 17.0. The van der Waals surface area contributed by atoms with Gasteiger partial charge in [-0.3, -0.25) is 4.79 Å². The van der Waals surface area contributed by atoms with Gasteiger partial charge in [0.1, 0.15) is 36.6 Å². The highest BCUT2D eigenvalue weighted by atomic mass is 16.7. The summed E-state index contributed by atoms with van der Waals surface area (Å²) in [6.45, 7) is 3.50. The van der Waals surface area contributed by atoms with Gasteiger partial charge in [0.25, 0.3) is 0 Å². The van der Waals surface area contributed by atoms with Crippen LogP contribution in [0.15, 0.2) is 24.3 Å². The molecule has 11 heteroatoms. The third kappa shape index (κ3) is 45.0. The summed E-state index contributed by atoms with van der Waals surface area (Å²) in [6, 6.07) is -1.17. The SMILES string of the molecule is CCCCCCCCCCC/C=C\C/C=C\CCCCCCCCC(O)C(=O)NC(COC1OC(CO)C(O)C(O)C1O)C(O)C(O)CCCCCCCCCCCCCCCCCCCCCCCCCCCCCCCCC. The van der Waals surface area contributed by atoms with Crippen molar-refractivity contribution in [2.75, 3.05) is 13.2 Å². The van der Waals surface area contributed by atoms with Crippen LogP contribution < -0.4 is 5.32 Å². The normalized spacial score (nSPS) is 19.3. The van der Waals surface area contributed by atoms with Crippen LogP contribution in [-0.4, -0.2) is 110 Å². The van der Waals surface area contributed by atoms with Crippen LogP contribution in [0.3, 0.4) is 0 Å². The Morgan fingerprint density at radius 2 is 0.762 bits per heavy atom. The fourth-order valence-electron chi connectivity index (χ4n) is 11.4. The van der Waals surface area contributed by atoms with Crippen LogP contribution in [0.5, 0.6) is 0 Å². The van der Waals surface area contributed by atoms with E-state index in [9.17, 15) is 40.5 Å². The third-order valence-electron chi connectivity index (χ3n) is 17.0. The van der Waals surface area contributed by atoms with Crippen molar-refractivity contribution in [1.29, 1.82) is 0 Å². The minimum absolute atomic E-state index is 0.250. The average Bonchev–Trinajstić information content (AvgIpc) is 3.47. The molecule has 9 atom stereocenters. The smallest absolute Gasteiger partial charge is 0.249 e. The predicted molar refractivity (Wildman–Crippen MR) is 335 cm³/mol. The number of allylic oxidation sites excluding steroid dienone is 4. The second-order valence-corrected chi connectivity index (χ2v) is 24.6. The quantitative estimate of drug-likeness (QED) is 0.0215. The molecule has 1 fully saturated rings. The first kappa shape index (κ1) is 76.6. The molecule has 0 radical (unpaired) electrons. The monoisotopic (exact) mass is 1140 g/mol. The van der Waals surface area contributed by atoms with Crippen LogP contribution in [0.2, 0.25) is 0 Å². The molecule has 0 bridgehead atoms. The number of carbonyl (C=O) groups excluding carboxylic acids is 1. The predicted octanol–water partition coefficient (Wildman–Crippen LogP) is 16.4. The Bertz CT molecular complexity index is 1350. The number of rotatable bonds is 61. The lowest BCUT2D eigenvalue weighted by molar-refractivity contribution is -0.303. The van der Waals surface area contributed by atoms with E-state index < -0.39 is 74.2 Å². The first-order valence-corrected chi connectivity index (χ1v) is 34.7. The second-order valence-electron chi connectivity index (χ2n) is 24.6. The zero-order valence-electron chi connectivity index (χ0n) is 52.3. The maximum Gasteiger partial charge on any atom is 0.249 e. The van der Waals surface area contributed by atoms with Crippen LogP contribution in [0.25, 0.3) is 0 Å². The number of unbranched alkanes of at least 4 members (excludes halogenated alkanes) is 45. The summed E-state index contributed by atoms with van der Waals surface area (Å²) in [6.07, 6.45) is 61.1. The van der Waals surface area contributed by atoms with Crippen molar-refractivity contribution < 1.29 is 50.0 Å². The molecule has 1 rings (SSSR count). The van der Waals surface area contributed by atoms with Gasteiger partial charge in [-0.25, -0.2) is 0 Å². The summed E-state index contributed by atoms with van der Waals surface area (Å²) in [5.41, 5.74) is 0. The number of aliphatic hydroxyl groups excluding tert-OH is 7. The van der Waals surface area contributed by atoms with Crippen LogP contribution in [0.1, 0.15) is 341 Å². The van der Waals surface area contributed by atoms with E-state index in [0.717, 1.165) is 64.2 Å². The molecule has 0 saturated carbocycles.